The summed E-state index contributed by atoms with van der Waals surface area (Å²) in [6, 6.07) is 11.8. The molecule has 0 spiro atoms. The zero-order chi connectivity index (χ0) is 22.5. The number of amides is 1. The number of hydrogen-bond donors (Lipinski definition) is 4. The predicted octanol–water partition coefficient (Wildman–Crippen LogP) is 5.63. The van der Waals surface area contributed by atoms with Crippen molar-refractivity contribution in [2.75, 3.05) is 23.7 Å². The van der Waals surface area contributed by atoms with E-state index in [1.807, 2.05) is 43.3 Å². The number of hydrogen-bond acceptors (Lipinski definition) is 4. The van der Waals surface area contributed by atoms with Gasteiger partial charge in [-0.05, 0) is 74.5 Å². The Morgan fingerprint density at radius 2 is 2.00 bits per heavy atom. The van der Waals surface area contributed by atoms with Gasteiger partial charge in [-0.15, -0.1) is 0 Å². The number of imidazole rings is 1. The number of nitrogens with zero attached hydrogens (tertiary/aromatic N) is 1. The summed E-state index contributed by atoms with van der Waals surface area (Å²) in [7, 11) is 0. The molecule has 0 aliphatic carbocycles. The Bertz CT molecular complexity index is 1080. The van der Waals surface area contributed by atoms with E-state index in [2.05, 4.69) is 20.9 Å². The zero-order valence-electron chi connectivity index (χ0n) is 18.2. The van der Waals surface area contributed by atoms with Crippen LogP contribution in [0.15, 0.2) is 36.4 Å². The molecule has 0 radical (unpaired) electrons. The second-order valence-corrected chi connectivity index (χ2v) is 9.19. The molecular weight excluding hydrogens is 445 g/mol. The molecule has 4 N–H and O–H groups in total. The van der Waals surface area contributed by atoms with Crippen molar-refractivity contribution in [2.45, 2.75) is 45.1 Å². The maximum atomic E-state index is 12.1. The molecule has 1 aliphatic heterocycles. The molecule has 8 heteroatoms. The Morgan fingerprint density at radius 1 is 1.19 bits per heavy atom. The minimum atomic E-state index is 0.00436. The highest BCUT2D eigenvalue weighted by Crippen LogP contribution is 2.28. The summed E-state index contributed by atoms with van der Waals surface area (Å²) in [6.07, 6.45) is 4.31. The summed E-state index contributed by atoms with van der Waals surface area (Å²) in [6.45, 7) is 4.02. The van der Waals surface area contributed by atoms with Gasteiger partial charge in [0.25, 0.3) is 0 Å². The van der Waals surface area contributed by atoms with Crippen LogP contribution in [0.4, 0.5) is 11.6 Å². The van der Waals surface area contributed by atoms with Crippen LogP contribution in [0.1, 0.15) is 38.2 Å². The van der Waals surface area contributed by atoms with Gasteiger partial charge < -0.3 is 20.9 Å². The molecule has 0 bridgehead atoms. The van der Waals surface area contributed by atoms with Crippen molar-refractivity contribution in [1.82, 2.24) is 15.3 Å². The van der Waals surface area contributed by atoms with Crippen LogP contribution in [0, 0.1) is 5.92 Å². The predicted molar refractivity (Wildman–Crippen MR) is 133 cm³/mol. The van der Waals surface area contributed by atoms with Gasteiger partial charge in [-0.1, -0.05) is 42.3 Å². The van der Waals surface area contributed by atoms with Crippen LogP contribution in [0.5, 0.6) is 0 Å². The van der Waals surface area contributed by atoms with Crippen molar-refractivity contribution in [1.29, 1.82) is 0 Å². The van der Waals surface area contributed by atoms with Gasteiger partial charge in [0, 0.05) is 12.5 Å². The number of anilines is 2. The second kappa shape index (κ2) is 10.6. The Labute approximate surface area is 198 Å². The number of carbonyl (C=O) groups excluding carboxylic acids is 1. The van der Waals surface area contributed by atoms with Crippen LogP contribution in [-0.4, -0.2) is 35.0 Å². The number of rotatable bonds is 8. The Balaban J connectivity index is 1.58. The molecule has 0 saturated carbocycles. The second-order valence-electron chi connectivity index (χ2n) is 8.38. The van der Waals surface area contributed by atoms with E-state index >= 15 is 0 Å². The zero-order valence-corrected chi connectivity index (χ0v) is 19.7. The van der Waals surface area contributed by atoms with E-state index in [4.69, 9.17) is 28.2 Å². The van der Waals surface area contributed by atoms with Gasteiger partial charge >= 0.3 is 0 Å². The van der Waals surface area contributed by atoms with Crippen LogP contribution in [0.3, 0.4) is 0 Å². The van der Waals surface area contributed by atoms with E-state index in [0.717, 1.165) is 61.1 Å². The molecule has 4 rings (SSSR count). The third-order valence-corrected chi connectivity index (χ3v) is 6.72. The molecule has 1 amide bonds. The Morgan fingerprint density at radius 3 is 2.75 bits per heavy atom. The number of piperidine rings is 1. The number of para-hydroxylation sites is 1. The molecule has 6 nitrogen and oxygen atoms in total. The van der Waals surface area contributed by atoms with E-state index in [1.165, 1.54) is 0 Å². The van der Waals surface area contributed by atoms with Crippen molar-refractivity contribution in [3.05, 3.63) is 52.0 Å². The highest BCUT2D eigenvalue weighted by Gasteiger charge is 2.25. The van der Waals surface area contributed by atoms with E-state index in [9.17, 15) is 4.79 Å². The maximum Gasteiger partial charge on any atom is 0.224 e. The lowest BCUT2D eigenvalue weighted by Gasteiger charge is -2.31. The quantitative estimate of drug-likeness (QED) is 0.341. The molecule has 170 valence electrons. The van der Waals surface area contributed by atoms with Crippen LogP contribution >= 0.6 is 23.2 Å². The molecule has 2 aromatic carbocycles. The minimum absolute atomic E-state index is 0.00436. The largest absolute Gasteiger partial charge is 0.352 e. The van der Waals surface area contributed by atoms with E-state index < -0.39 is 0 Å². The van der Waals surface area contributed by atoms with Crippen molar-refractivity contribution in [3.63, 3.8) is 0 Å². The van der Waals surface area contributed by atoms with Gasteiger partial charge in [-0.3, -0.25) is 4.79 Å². The van der Waals surface area contributed by atoms with Crippen LogP contribution in [-0.2, 0) is 11.2 Å². The highest BCUT2D eigenvalue weighted by atomic mass is 35.5. The average molecular weight is 474 g/mol. The summed E-state index contributed by atoms with van der Waals surface area (Å²) >= 11 is 12.4. The fourth-order valence-corrected chi connectivity index (χ4v) is 4.64. The Kier molecular flexibility index (Phi) is 7.55. The van der Waals surface area contributed by atoms with Gasteiger partial charge in [-0.2, -0.15) is 0 Å². The number of aromatic nitrogens is 2. The standard InChI is InChI=1S/C24H29Cl2N5O/c1-2-4-22(32)28-19-5-3-6-20-23(19)31-24(29-20)30-21(16-9-11-27-12-10-16)14-15-7-8-17(25)18(26)13-15/h3,5-8,13,16,21,27H,2,4,9-12,14H2,1H3,(H,28,32)(H2,29,30,31). The van der Waals surface area contributed by atoms with Crippen LogP contribution in [0.2, 0.25) is 10.0 Å². The fraction of sp³-hybridized carbons (Fsp3) is 0.417. The minimum Gasteiger partial charge on any atom is -0.352 e. The molecule has 2 heterocycles. The first-order chi connectivity index (χ1) is 15.5. The molecule has 1 aliphatic rings. The molecular formula is C24H29Cl2N5O. The summed E-state index contributed by atoms with van der Waals surface area (Å²) < 4.78 is 0. The lowest BCUT2D eigenvalue weighted by molar-refractivity contribution is -0.116. The summed E-state index contributed by atoms with van der Waals surface area (Å²) in [5.74, 6) is 1.22. The number of fused-ring (bicyclic) bond motifs is 1. The highest BCUT2D eigenvalue weighted by molar-refractivity contribution is 6.42. The van der Waals surface area contributed by atoms with Crippen molar-refractivity contribution in [3.8, 4) is 0 Å². The lowest BCUT2D eigenvalue weighted by Crippen LogP contribution is -2.39. The number of halogens is 2. The first-order valence-electron chi connectivity index (χ1n) is 11.2. The fourth-order valence-electron chi connectivity index (χ4n) is 4.32. The first kappa shape index (κ1) is 22.9. The number of benzene rings is 2. The monoisotopic (exact) mass is 473 g/mol. The third kappa shape index (κ3) is 5.55. The first-order valence-corrected chi connectivity index (χ1v) is 12.0. The van der Waals surface area contributed by atoms with Gasteiger partial charge in [0.15, 0.2) is 0 Å². The molecule has 1 saturated heterocycles. The smallest absolute Gasteiger partial charge is 0.224 e. The number of H-pyrrole nitrogens is 1. The van der Waals surface area contributed by atoms with E-state index in [-0.39, 0.29) is 11.9 Å². The van der Waals surface area contributed by atoms with Crippen molar-refractivity contribution in [2.24, 2.45) is 5.92 Å². The molecule has 1 atom stereocenters. The lowest BCUT2D eigenvalue weighted by atomic mass is 9.86. The maximum absolute atomic E-state index is 12.1. The van der Waals surface area contributed by atoms with E-state index in [0.29, 0.717) is 28.3 Å². The van der Waals surface area contributed by atoms with Gasteiger partial charge in [0.1, 0.15) is 5.52 Å². The summed E-state index contributed by atoms with van der Waals surface area (Å²) in [5.41, 5.74) is 3.52. The van der Waals surface area contributed by atoms with E-state index in [1.54, 1.807) is 0 Å². The van der Waals surface area contributed by atoms with Gasteiger partial charge in [-0.25, -0.2) is 4.98 Å². The number of nitrogens with one attached hydrogen (secondary N) is 4. The number of carbonyl (C=O) groups is 1. The summed E-state index contributed by atoms with van der Waals surface area (Å²) in [5, 5.41) is 11.2. The van der Waals surface area contributed by atoms with Gasteiger partial charge in [0.05, 0.1) is 21.2 Å². The molecule has 1 fully saturated rings. The van der Waals surface area contributed by atoms with Gasteiger partial charge in [0.2, 0.25) is 11.9 Å². The van der Waals surface area contributed by atoms with Crippen molar-refractivity contribution < 1.29 is 4.79 Å². The van der Waals surface area contributed by atoms with Crippen molar-refractivity contribution >= 4 is 51.8 Å². The topological polar surface area (TPSA) is 81.8 Å². The molecule has 1 aromatic heterocycles. The normalized spacial score (nSPS) is 15.6. The summed E-state index contributed by atoms with van der Waals surface area (Å²) in [4.78, 5) is 20.3. The molecule has 1 unspecified atom stereocenters. The Hall–Kier alpha value is -2.28. The van der Waals surface area contributed by atoms with Crippen LogP contribution < -0.4 is 16.0 Å². The van der Waals surface area contributed by atoms with Crippen LogP contribution in [0.25, 0.3) is 11.0 Å². The molecule has 3 aromatic rings. The molecule has 32 heavy (non-hydrogen) atoms. The number of aromatic amines is 1. The average Bonchev–Trinajstić information content (AvgIpc) is 3.20. The SMILES string of the molecule is CCCC(=O)Nc1cccc2[nH]c(NC(Cc3ccc(Cl)c(Cl)c3)C3CCNCC3)nc12. The third-order valence-electron chi connectivity index (χ3n) is 5.98.